The first-order valence-corrected chi connectivity index (χ1v) is 20.6. The molecule has 0 N–H and O–H groups in total. The standard InChI is InChI=1S/C57H39NO2/c1-57(2)51-34-41(36-12-4-3-5-13-36)22-26-45(51)46-27-25-44(35-52(46)57)58(42-16-10-14-37(30-42)39-23-28-55-49(32-39)47-18-6-8-20-53(47)59-55)43-17-11-15-38(31-43)40-24-29-56-50(33-40)48-19-7-9-21-54(48)60-56/h3-35H,1-2H3. The summed E-state index contributed by atoms with van der Waals surface area (Å²) in [4.78, 5) is 2.42. The molecule has 0 spiro atoms. The van der Waals surface area contributed by atoms with Crippen molar-refractivity contribution in [2.75, 3.05) is 4.90 Å². The largest absolute Gasteiger partial charge is 0.456 e. The van der Waals surface area contributed by atoms with Crippen LogP contribution < -0.4 is 4.90 Å². The highest BCUT2D eigenvalue weighted by Gasteiger charge is 2.36. The van der Waals surface area contributed by atoms with Crippen molar-refractivity contribution in [2.45, 2.75) is 19.3 Å². The number of para-hydroxylation sites is 2. The fourth-order valence-electron chi connectivity index (χ4n) is 9.58. The van der Waals surface area contributed by atoms with Crippen LogP contribution in [0.1, 0.15) is 25.0 Å². The van der Waals surface area contributed by atoms with E-state index in [4.69, 9.17) is 8.83 Å². The van der Waals surface area contributed by atoms with Gasteiger partial charge in [0.2, 0.25) is 0 Å². The van der Waals surface area contributed by atoms with Gasteiger partial charge in [0.25, 0.3) is 0 Å². The van der Waals surface area contributed by atoms with Gasteiger partial charge in [-0.2, -0.15) is 0 Å². The minimum absolute atomic E-state index is 0.202. The Morgan fingerprint density at radius 3 is 1.35 bits per heavy atom. The quantitative estimate of drug-likeness (QED) is 0.169. The summed E-state index contributed by atoms with van der Waals surface area (Å²) >= 11 is 0. The predicted molar refractivity (Wildman–Crippen MR) is 250 cm³/mol. The SMILES string of the molecule is CC1(C)c2cc(-c3ccccc3)ccc2-c2ccc(N(c3cccc(-c4ccc5oc6ccccc6c5c4)c3)c3cccc(-c4ccc5oc6ccccc6c5c4)c3)cc21. The van der Waals surface area contributed by atoms with E-state index in [1.165, 1.54) is 33.4 Å². The van der Waals surface area contributed by atoms with Crippen LogP contribution in [-0.4, -0.2) is 0 Å². The van der Waals surface area contributed by atoms with E-state index in [-0.39, 0.29) is 5.41 Å². The van der Waals surface area contributed by atoms with Crippen molar-refractivity contribution in [1.82, 2.24) is 0 Å². The van der Waals surface area contributed by atoms with Gasteiger partial charge in [-0.05, 0) is 134 Å². The van der Waals surface area contributed by atoms with Crippen molar-refractivity contribution in [2.24, 2.45) is 0 Å². The molecule has 0 unspecified atom stereocenters. The Hall–Kier alpha value is -7.62. The van der Waals surface area contributed by atoms with Gasteiger partial charge in [0.15, 0.2) is 0 Å². The second-order valence-electron chi connectivity index (χ2n) is 16.5. The summed E-state index contributed by atoms with van der Waals surface area (Å²) in [5.74, 6) is 0. The summed E-state index contributed by atoms with van der Waals surface area (Å²) in [6.45, 7) is 4.74. The maximum Gasteiger partial charge on any atom is 0.135 e. The predicted octanol–water partition coefficient (Wildman–Crippen LogP) is 16.3. The summed E-state index contributed by atoms with van der Waals surface area (Å²) in [7, 11) is 0. The normalized spacial score (nSPS) is 13.0. The molecule has 1 aliphatic rings. The van der Waals surface area contributed by atoms with Crippen molar-refractivity contribution >= 4 is 60.9 Å². The minimum atomic E-state index is -0.202. The van der Waals surface area contributed by atoms with Gasteiger partial charge in [-0.1, -0.05) is 135 Å². The molecule has 0 saturated heterocycles. The zero-order chi connectivity index (χ0) is 40.0. The molecule has 12 rings (SSSR count). The number of benzene rings is 9. The molecular formula is C57H39NO2. The van der Waals surface area contributed by atoms with E-state index in [0.29, 0.717) is 0 Å². The first kappa shape index (κ1) is 34.4. The van der Waals surface area contributed by atoms with Gasteiger partial charge in [-0.15, -0.1) is 0 Å². The maximum atomic E-state index is 6.20. The van der Waals surface area contributed by atoms with Crippen LogP contribution in [0.3, 0.4) is 0 Å². The summed E-state index contributed by atoms with van der Waals surface area (Å²) in [6.07, 6.45) is 0. The van der Waals surface area contributed by atoms with Crippen LogP contribution in [-0.2, 0) is 5.41 Å². The highest BCUT2D eigenvalue weighted by atomic mass is 16.3. The molecule has 0 atom stereocenters. The van der Waals surface area contributed by atoms with Gasteiger partial charge in [0.05, 0.1) is 0 Å². The van der Waals surface area contributed by atoms with Gasteiger partial charge in [0, 0.05) is 44.0 Å². The van der Waals surface area contributed by atoms with Crippen LogP contribution >= 0.6 is 0 Å². The van der Waals surface area contributed by atoms with E-state index in [1.54, 1.807) is 0 Å². The summed E-state index contributed by atoms with van der Waals surface area (Å²) in [5, 5.41) is 4.50. The van der Waals surface area contributed by atoms with E-state index in [9.17, 15) is 0 Å². The van der Waals surface area contributed by atoms with Gasteiger partial charge in [-0.25, -0.2) is 0 Å². The third-order valence-electron chi connectivity index (χ3n) is 12.7. The van der Waals surface area contributed by atoms with Crippen molar-refractivity contribution in [3.63, 3.8) is 0 Å². The Balaban J connectivity index is 1.01. The first-order chi connectivity index (χ1) is 29.5. The smallest absolute Gasteiger partial charge is 0.135 e. The van der Waals surface area contributed by atoms with Crippen LogP contribution in [0.5, 0.6) is 0 Å². The number of fused-ring (bicyclic) bond motifs is 9. The van der Waals surface area contributed by atoms with E-state index in [0.717, 1.165) is 83.2 Å². The molecule has 3 heteroatoms. The van der Waals surface area contributed by atoms with Gasteiger partial charge >= 0.3 is 0 Å². The molecule has 3 nitrogen and oxygen atoms in total. The zero-order valence-corrected chi connectivity index (χ0v) is 33.3. The molecule has 11 aromatic rings. The molecule has 9 aromatic carbocycles. The second-order valence-corrected chi connectivity index (χ2v) is 16.5. The molecule has 0 aliphatic heterocycles. The van der Waals surface area contributed by atoms with Crippen molar-refractivity contribution < 1.29 is 8.83 Å². The molecule has 0 saturated carbocycles. The lowest BCUT2D eigenvalue weighted by molar-refractivity contribution is 0.660. The lowest BCUT2D eigenvalue weighted by Gasteiger charge is -2.29. The molecule has 0 radical (unpaired) electrons. The van der Waals surface area contributed by atoms with E-state index < -0.39 is 0 Å². The second kappa shape index (κ2) is 13.2. The van der Waals surface area contributed by atoms with Gasteiger partial charge in [-0.3, -0.25) is 0 Å². The fraction of sp³-hybridized carbons (Fsp3) is 0.0526. The molecule has 2 heterocycles. The molecular weight excluding hydrogens is 731 g/mol. The molecule has 0 fully saturated rings. The van der Waals surface area contributed by atoms with Crippen LogP contribution in [0.4, 0.5) is 17.1 Å². The van der Waals surface area contributed by atoms with Crippen molar-refractivity contribution in [3.8, 4) is 44.5 Å². The monoisotopic (exact) mass is 769 g/mol. The van der Waals surface area contributed by atoms with Gasteiger partial charge < -0.3 is 13.7 Å². The number of rotatable bonds is 6. The highest BCUT2D eigenvalue weighted by molar-refractivity contribution is 6.07. The van der Waals surface area contributed by atoms with Crippen LogP contribution in [0.2, 0.25) is 0 Å². The lowest BCUT2D eigenvalue weighted by Crippen LogP contribution is -2.16. The van der Waals surface area contributed by atoms with Crippen LogP contribution in [0.15, 0.2) is 209 Å². The van der Waals surface area contributed by atoms with E-state index >= 15 is 0 Å². The summed E-state index contributed by atoms with van der Waals surface area (Å²) < 4.78 is 12.4. The Kier molecular flexibility index (Phi) is 7.58. The molecule has 2 aromatic heterocycles. The van der Waals surface area contributed by atoms with E-state index in [1.807, 2.05) is 24.3 Å². The van der Waals surface area contributed by atoms with E-state index in [2.05, 4.69) is 195 Å². The summed E-state index contributed by atoms with van der Waals surface area (Å²) in [6, 6.07) is 72.2. The highest BCUT2D eigenvalue weighted by Crippen LogP contribution is 2.52. The first-order valence-electron chi connectivity index (χ1n) is 20.6. The van der Waals surface area contributed by atoms with Crippen LogP contribution in [0.25, 0.3) is 88.4 Å². The Morgan fingerprint density at radius 2 is 0.750 bits per heavy atom. The topological polar surface area (TPSA) is 29.5 Å². The minimum Gasteiger partial charge on any atom is -0.456 e. The van der Waals surface area contributed by atoms with Gasteiger partial charge in [0.1, 0.15) is 22.3 Å². The average Bonchev–Trinajstić information content (AvgIpc) is 3.93. The third kappa shape index (κ3) is 5.43. The number of nitrogens with zero attached hydrogens (tertiary/aromatic N) is 1. The van der Waals surface area contributed by atoms with Crippen molar-refractivity contribution in [3.05, 3.63) is 211 Å². The number of furan rings is 2. The fourth-order valence-corrected chi connectivity index (χ4v) is 9.58. The Bertz CT molecular complexity index is 3320. The third-order valence-corrected chi connectivity index (χ3v) is 12.7. The van der Waals surface area contributed by atoms with Crippen molar-refractivity contribution in [1.29, 1.82) is 0 Å². The molecule has 60 heavy (non-hydrogen) atoms. The average molecular weight is 770 g/mol. The Morgan fingerprint density at radius 1 is 0.317 bits per heavy atom. The zero-order valence-electron chi connectivity index (χ0n) is 33.3. The summed E-state index contributed by atoms with van der Waals surface area (Å²) in [5.41, 5.74) is 19.0. The number of anilines is 3. The number of hydrogen-bond acceptors (Lipinski definition) is 3. The molecule has 1 aliphatic carbocycles. The maximum absolute atomic E-state index is 6.20. The molecule has 284 valence electrons. The van der Waals surface area contributed by atoms with Crippen LogP contribution in [0, 0.1) is 0 Å². The molecule has 0 amide bonds. The molecule has 0 bridgehead atoms. The number of hydrogen-bond donors (Lipinski definition) is 0. The Labute approximate surface area is 348 Å². The lowest BCUT2D eigenvalue weighted by atomic mass is 9.81.